The highest BCUT2D eigenvalue weighted by Crippen LogP contribution is 2.34. The second-order valence-electron chi connectivity index (χ2n) is 7.40. The number of halogens is 3. The molecule has 31 heavy (non-hydrogen) atoms. The van der Waals surface area contributed by atoms with Gasteiger partial charge in [0, 0.05) is 23.9 Å². The van der Waals surface area contributed by atoms with Gasteiger partial charge < -0.3 is 10.6 Å². The summed E-state index contributed by atoms with van der Waals surface area (Å²) in [5.74, 6) is 0.219. The highest BCUT2D eigenvalue weighted by Gasteiger charge is 2.31. The number of amides is 1. The Bertz CT molecular complexity index is 1160. The number of carbonyl (C=O) groups is 1. The van der Waals surface area contributed by atoms with Gasteiger partial charge in [-0.25, -0.2) is 9.07 Å². The first kappa shape index (κ1) is 21.4. The van der Waals surface area contributed by atoms with Gasteiger partial charge in [-0.2, -0.15) is 5.10 Å². The van der Waals surface area contributed by atoms with Crippen molar-refractivity contribution in [2.45, 2.75) is 32.4 Å². The molecule has 1 atom stereocenters. The van der Waals surface area contributed by atoms with Crippen molar-refractivity contribution < 1.29 is 9.18 Å². The number of nitrogens with one attached hydrogen (secondary N) is 2. The smallest absolute Gasteiger partial charge is 0.251 e. The van der Waals surface area contributed by atoms with Crippen LogP contribution in [0.5, 0.6) is 0 Å². The predicted octanol–water partition coefficient (Wildman–Crippen LogP) is 5.52. The zero-order valence-electron chi connectivity index (χ0n) is 16.8. The SMILES string of the molecule is CC1=C(C(=O)NCc2ccccc2F)C(CCc2ccc(Cl)c(Cl)c2)n2nccc2N1. The van der Waals surface area contributed by atoms with Crippen LogP contribution in [0, 0.1) is 5.82 Å². The molecule has 0 fully saturated rings. The van der Waals surface area contributed by atoms with Crippen molar-refractivity contribution in [3.8, 4) is 0 Å². The molecule has 0 saturated carbocycles. The lowest BCUT2D eigenvalue weighted by Gasteiger charge is -2.29. The number of aromatic nitrogens is 2. The highest BCUT2D eigenvalue weighted by atomic mass is 35.5. The summed E-state index contributed by atoms with van der Waals surface area (Å²) in [6, 6.07) is 13.5. The summed E-state index contributed by atoms with van der Waals surface area (Å²) in [5.41, 5.74) is 2.78. The molecule has 2 aromatic carbocycles. The van der Waals surface area contributed by atoms with Crippen LogP contribution >= 0.6 is 23.2 Å². The number of carbonyl (C=O) groups excluding carboxylic acids is 1. The molecule has 5 nitrogen and oxygen atoms in total. The van der Waals surface area contributed by atoms with E-state index >= 15 is 0 Å². The first-order valence-electron chi connectivity index (χ1n) is 9.91. The van der Waals surface area contributed by atoms with E-state index < -0.39 is 0 Å². The maximum Gasteiger partial charge on any atom is 0.251 e. The Morgan fingerprint density at radius 3 is 2.77 bits per heavy atom. The van der Waals surface area contributed by atoms with Crippen molar-refractivity contribution in [3.05, 3.63) is 93.0 Å². The lowest BCUT2D eigenvalue weighted by Crippen LogP contribution is -2.34. The minimum atomic E-state index is -0.346. The molecule has 1 aromatic heterocycles. The second kappa shape index (κ2) is 9.12. The summed E-state index contributed by atoms with van der Waals surface area (Å²) in [6.45, 7) is 1.97. The third-order valence-corrected chi connectivity index (χ3v) is 6.09. The van der Waals surface area contributed by atoms with Crippen LogP contribution in [0.1, 0.15) is 30.5 Å². The molecule has 8 heteroatoms. The van der Waals surface area contributed by atoms with Gasteiger partial charge in [-0.05, 0) is 43.5 Å². The maximum absolute atomic E-state index is 14.0. The quantitative estimate of drug-likeness (QED) is 0.511. The van der Waals surface area contributed by atoms with E-state index in [1.54, 1.807) is 30.5 Å². The van der Waals surface area contributed by atoms with E-state index in [9.17, 15) is 9.18 Å². The van der Waals surface area contributed by atoms with Crippen LogP contribution in [0.3, 0.4) is 0 Å². The third kappa shape index (κ3) is 4.60. The molecular weight excluding hydrogens is 438 g/mol. The lowest BCUT2D eigenvalue weighted by atomic mass is 9.95. The number of fused-ring (bicyclic) bond motifs is 1. The molecule has 1 amide bonds. The van der Waals surface area contributed by atoms with Crippen LogP contribution in [0.15, 0.2) is 66.0 Å². The number of anilines is 1. The average Bonchev–Trinajstić information content (AvgIpc) is 3.21. The van der Waals surface area contributed by atoms with Crippen LogP contribution in [-0.2, 0) is 17.8 Å². The van der Waals surface area contributed by atoms with Gasteiger partial charge in [0.15, 0.2) is 0 Å². The number of allylic oxidation sites excluding steroid dienone is 1. The van der Waals surface area contributed by atoms with Crippen LogP contribution in [0.25, 0.3) is 0 Å². The predicted molar refractivity (Wildman–Crippen MR) is 121 cm³/mol. The summed E-state index contributed by atoms with van der Waals surface area (Å²) in [6.07, 6.45) is 3.01. The van der Waals surface area contributed by atoms with Gasteiger partial charge in [-0.1, -0.05) is 47.5 Å². The minimum absolute atomic E-state index is 0.105. The van der Waals surface area contributed by atoms with E-state index in [1.807, 2.05) is 29.8 Å². The van der Waals surface area contributed by atoms with Crippen LogP contribution < -0.4 is 10.6 Å². The van der Waals surface area contributed by atoms with Gasteiger partial charge in [-0.3, -0.25) is 4.79 Å². The fourth-order valence-electron chi connectivity index (χ4n) is 3.79. The van der Waals surface area contributed by atoms with Crippen LogP contribution in [-0.4, -0.2) is 15.7 Å². The van der Waals surface area contributed by atoms with E-state index in [0.717, 1.165) is 17.1 Å². The van der Waals surface area contributed by atoms with Crippen molar-refractivity contribution in [2.24, 2.45) is 0 Å². The molecule has 160 valence electrons. The largest absolute Gasteiger partial charge is 0.348 e. The Labute approximate surface area is 189 Å². The zero-order chi connectivity index (χ0) is 22.0. The summed E-state index contributed by atoms with van der Waals surface area (Å²) in [4.78, 5) is 13.1. The monoisotopic (exact) mass is 458 g/mol. The van der Waals surface area contributed by atoms with Crippen molar-refractivity contribution >= 4 is 34.9 Å². The summed E-state index contributed by atoms with van der Waals surface area (Å²) in [7, 11) is 0. The lowest BCUT2D eigenvalue weighted by molar-refractivity contribution is -0.118. The summed E-state index contributed by atoms with van der Waals surface area (Å²) < 4.78 is 15.8. The van der Waals surface area contributed by atoms with Crippen LogP contribution in [0.4, 0.5) is 10.2 Å². The number of aryl methyl sites for hydroxylation is 1. The number of hydrogen-bond acceptors (Lipinski definition) is 3. The van der Waals surface area contributed by atoms with E-state index in [1.165, 1.54) is 6.07 Å². The van der Waals surface area contributed by atoms with Gasteiger partial charge >= 0.3 is 0 Å². The Hall–Kier alpha value is -2.83. The van der Waals surface area contributed by atoms with Crippen molar-refractivity contribution in [2.75, 3.05) is 5.32 Å². The molecule has 1 aliphatic rings. The van der Waals surface area contributed by atoms with Crippen molar-refractivity contribution in [1.29, 1.82) is 0 Å². The fourth-order valence-corrected chi connectivity index (χ4v) is 4.11. The minimum Gasteiger partial charge on any atom is -0.348 e. The normalized spacial score (nSPS) is 15.4. The molecule has 4 rings (SSSR count). The third-order valence-electron chi connectivity index (χ3n) is 5.35. The van der Waals surface area contributed by atoms with Gasteiger partial charge in [0.1, 0.15) is 11.6 Å². The maximum atomic E-state index is 14.0. The molecule has 1 unspecified atom stereocenters. The molecular formula is C23H21Cl2FN4O. The molecule has 0 bridgehead atoms. The molecule has 1 aliphatic heterocycles. The summed E-state index contributed by atoms with van der Waals surface area (Å²) >= 11 is 12.2. The molecule has 0 spiro atoms. The molecule has 0 saturated heterocycles. The first-order chi connectivity index (χ1) is 14.9. The number of hydrogen-bond donors (Lipinski definition) is 2. The van der Waals surface area contributed by atoms with Crippen molar-refractivity contribution in [1.82, 2.24) is 15.1 Å². The Kier molecular flexibility index (Phi) is 6.30. The number of nitrogens with zero attached hydrogens (tertiary/aromatic N) is 2. The Morgan fingerprint density at radius 1 is 1.19 bits per heavy atom. The molecule has 0 radical (unpaired) electrons. The number of rotatable bonds is 6. The van der Waals surface area contributed by atoms with Gasteiger partial charge in [-0.15, -0.1) is 0 Å². The Balaban J connectivity index is 1.55. The Morgan fingerprint density at radius 2 is 2.00 bits per heavy atom. The van der Waals surface area contributed by atoms with Gasteiger partial charge in [0.2, 0.25) is 0 Å². The van der Waals surface area contributed by atoms with E-state index in [4.69, 9.17) is 23.2 Å². The molecule has 3 aromatic rings. The molecule has 2 heterocycles. The second-order valence-corrected chi connectivity index (χ2v) is 8.22. The first-order valence-corrected chi connectivity index (χ1v) is 10.7. The van der Waals surface area contributed by atoms with Crippen LogP contribution in [0.2, 0.25) is 10.0 Å². The van der Waals surface area contributed by atoms with Gasteiger partial charge in [0.05, 0.1) is 27.9 Å². The average molecular weight is 459 g/mol. The number of benzene rings is 2. The van der Waals surface area contributed by atoms with E-state index in [2.05, 4.69) is 15.7 Å². The topological polar surface area (TPSA) is 59.0 Å². The van der Waals surface area contributed by atoms with E-state index in [-0.39, 0.29) is 24.3 Å². The highest BCUT2D eigenvalue weighted by molar-refractivity contribution is 6.42. The fraction of sp³-hybridized carbons (Fsp3) is 0.217. The van der Waals surface area contributed by atoms with Gasteiger partial charge in [0.25, 0.3) is 5.91 Å². The standard InChI is InChI=1S/C23H21Cl2FN4O/c1-14-22(23(31)27-13-16-4-2-3-5-19(16)26)20(30-21(29-14)10-11-28-30)9-7-15-6-8-17(24)18(25)12-15/h2-6,8,10-12,20,29H,7,9,13H2,1H3,(H,27,31). The van der Waals surface area contributed by atoms with Crippen molar-refractivity contribution in [3.63, 3.8) is 0 Å². The molecule has 2 N–H and O–H groups in total. The molecule has 0 aliphatic carbocycles. The summed E-state index contributed by atoms with van der Waals surface area (Å²) in [5, 5.41) is 11.5. The zero-order valence-corrected chi connectivity index (χ0v) is 18.3. The van der Waals surface area contributed by atoms with E-state index in [0.29, 0.717) is 34.0 Å².